The Hall–Kier alpha value is -0.570. The Morgan fingerprint density at radius 2 is 2.08 bits per heavy atom. The number of carbonyl (C=O) groups is 1. The molecule has 3 heteroatoms. The third-order valence-electron chi connectivity index (χ3n) is 1.69. The fourth-order valence-electron chi connectivity index (χ4n) is 0.902. The number of hydrogen-bond donors (Lipinski definition) is 0. The van der Waals surface area contributed by atoms with Crippen molar-refractivity contribution in [2.45, 2.75) is 39.2 Å². The predicted octanol–water partition coefficient (Wildman–Crippen LogP) is 1.75. The SMILES string of the molecule is COC(C)=O.C[C@@H]1CCCCO1. The summed E-state index contributed by atoms with van der Waals surface area (Å²) in [6, 6.07) is 0. The molecular formula is C9H18O3. The van der Waals surface area contributed by atoms with Crippen LogP contribution in [0.25, 0.3) is 0 Å². The molecule has 3 nitrogen and oxygen atoms in total. The van der Waals surface area contributed by atoms with Crippen molar-refractivity contribution in [2.75, 3.05) is 13.7 Å². The van der Waals surface area contributed by atoms with Gasteiger partial charge in [0.2, 0.25) is 0 Å². The van der Waals surface area contributed by atoms with Crippen molar-refractivity contribution in [3.05, 3.63) is 0 Å². The van der Waals surface area contributed by atoms with Crippen LogP contribution in [0.4, 0.5) is 0 Å². The summed E-state index contributed by atoms with van der Waals surface area (Å²) < 4.78 is 9.39. The highest BCUT2D eigenvalue weighted by atomic mass is 16.5. The Morgan fingerprint density at radius 1 is 1.50 bits per heavy atom. The van der Waals surface area contributed by atoms with E-state index in [1.807, 2.05) is 0 Å². The summed E-state index contributed by atoms with van der Waals surface area (Å²) in [6.07, 6.45) is 4.43. The summed E-state index contributed by atoms with van der Waals surface area (Å²) in [7, 11) is 1.35. The highest BCUT2D eigenvalue weighted by molar-refractivity contribution is 5.65. The summed E-state index contributed by atoms with van der Waals surface area (Å²) in [5.74, 6) is -0.245. The van der Waals surface area contributed by atoms with Crippen molar-refractivity contribution >= 4 is 5.97 Å². The Balaban J connectivity index is 0.000000217. The molecule has 0 N–H and O–H groups in total. The summed E-state index contributed by atoms with van der Waals surface area (Å²) in [4.78, 5) is 9.59. The lowest BCUT2D eigenvalue weighted by molar-refractivity contribution is -0.137. The number of hydrogen-bond acceptors (Lipinski definition) is 3. The van der Waals surface area contributed by atoms with Gasteiger partial charge in [-0.05, 0) is 26.2 Å². The largest absolute Gasteiger partial charge is 0.469 e. The van der Waals surface area contributed by atoms with E-state index in [0.717, 1.165) is 6.61 Å². The zero-order chi connectivity index (χ0) is 9.40. The lowest BCUT2D eigenvalue weighted by atomic mass is 10.1. The predicted molar refractivity (Wildman–Crippen MR) is 47.0 cm³/mol. The van der Waals surface area contributed by atoms with Crippen LogP contribution in [0.2, 0.25) is 0 Å². The van der Waals surface area contributed by atoms with Gasteiger partial charge < -0.3 is 9.47 Å². The van der Waals surface area contributed by atoms with Crippen molar-refractivity contribution in [2.24, 2.45) is 0 Å². The van der Waals surface area contributed by atoms with Crippen LogP contribution in [0.15, 0.2) is 0 Å². The Morgan fingerprint density at radius 3 is 2.25 bits per heavy atom. The van der Waals surface area contributed by atoms with E-state index in [1.54, 1.807) is 0 Å². The van der Waals surface area contributed by atoms with Crippen LogP contribution >= 0.6 is 0 Å². The number of esters is 1. The van der Waals surface area contributed by atoms with E-state index in [1.165, 1.54) is 33.3 Å². The number of carbonyl (C=O) groups excluding carboxylic acids is 1. The third kappa shape index (κ3) is 7.54. The molecule has 1 atom stereocenters. The Kier molecular flexibility index (Phi) is 6.76. The molecule has 0 aliphatic carbocycles. The fourth-order valence-corrected chi connectivity index (χ4v) is 0.902. The molecule has 1 heterocycles. The molecule has 0 aromatic heterocycles. The topological polar surface area (TPSA) is 35.5 Å². The second-order valence-electron chi connectivity index (χ2n) is 2.87. The molecule has 0 aromatic carbocycles. The number of ether oxygens (including phenoxy) is 2. The lowest BCUT2D eigenvalue weighted by Gasteiger charge is -2.17. The average molecular weight is 174 g/mol. The minimum absolute atomic E-state index is 0.245. The van der Waals surface area contributed by atoms with Crippen LogP contribution in [0.5, 0.6) is 0 Å². The third-order valence-corrected chi connectivity index (χ3v) is 1.69. The minimum atomic E-state index is -0.245. The molecule has 72 valence electrons. The van der Waals surface area contributed by atoms with Gasteiger partial charge >= 0.3 is 5.97 Å². The Labute approximate surface area is 74.0 Å². The van der Waals surface area contributed by atoms with Gasteiger partial charge in [-0.2, -0.15) is 0 Å². The van der Waals surface area contributed by atoms with Gasteiger partial charge in [-0.1, -0.05) is 0 Å². The van der Waals surface area contributed by atoms with Gasteiger partial charge in [-0.3, -0.25) is 4.79 Å². The molecule has 1 aliphatic heterocycles. The highest BCUT2D eigenvalue weighted by Crippen LogP contribution is 2.10. The molecule has 0 bridgehead atoms. The molecule has 1 saturated heterocycles. The van der Waals surface area contributed by atoms with E-state index in [-0.39, 0.29) is 5.97 Å². The fraction of sp³-hybridized carbons (Fsp3) is 0.889. The first-order valence-corrected chi connectivity index (χ1v) is 4.33. The van der Waals surface area contributed by atoms with Crippen LogP contribution in [0.1, 0.15) is 33.1 Å². The summed E-state index contributed by atoms with van der Waals surface area (Å²) >= 11 is 0. The summed E-state index contributed by atoms with van der Waals surface area (Å²) in [5, 5.41) is 0. The van der Waals surface area contributed by atoms with Crippen molar-refractivity contribution in [3.63, 3.8) is 0 Å². The molecule has 0 unspecified atom stereocenters. The quantitative estimate of drug-likeness (QED) is 0.525. The van der Waals surface area contributed by atoms with Gasteiger partial charge in [0.15, 0.2) is 0 Å². The number of rotatable bonds is 0. The van der Waals surface area contributed by atoms with E-state index < -0.39 is 0 Å². The molecule has 1 aliphatic rings. The van der Waals surface area contributed by atoms with Crippen molar-refractivity contribution in [1.82, 2.24) is 0 Å². The van der Waals surface area contributed by atoms with E-state index in [0.29, 0.717) is 6.10 Å². The highest BCUT2D eigenvalue weighted by Gasteiger charge is 2.05. The van der Waals surface area contributed by atoms with Crippen molar-refractivity contribution in [1.29, 1.82) is 0 Å². The molecule has 0 amide bonds. The molecular weight excluding hydrogens is 156 g/mol. The van der Waals surface area contributed by atoms with Crippen molar-refractivity contribution < 1.29 is 14.3 Å². The van der Waals surface area contributed by atoms with Gasteiger partial charge in [0.25, 0.3) is 0 Å². The van der Waals surface area contributed by atoms with Gasteiger partial charge in [0, 0.05) is 13.5 Å². The summed E-state index contributed by atoms with van der Waals surface area (Å²) in [5.41, 5.74) is 0. The second kappa shape index (κ2) is 7.10. The van der Waals surface area contributed by atoms with Crippen LogP contribution < -0.4 is 0 Å². The van der Waals surface area contributed by atoms with Gasteiger partial charge in [0.1, 0.15) is 0 Å². The molecule has 0 spiro atoms. The first kappa shape index (κ1) is 11.4. The molecule has 0 radical (unpaired) electrons. The van der Waals surface area contributed by atoms with E-state index in [4.69, 9.17) is 4.74 Å². The molecule has 0 saturated carbocycles. The average Bonchev–Trinajstić information content (AvgIpc) is 2.07. The number of methoxy groups -OCH3 is 1. The Bertz CT molecular complexity index is 117. The molecule has 1 fully saturated rings. The lowest BCUT2D eigenvalue weighted by Crippen LogP contribution is -2.14. The van der Waals surface area contributed by atoms with Crippen LogP contribution in [0, 0.1) is 0 Å². The van der Waals surface area contributed by atoms with Crippen LogP contribution in [0.3, 0.4) is 0 Å². The monoisotopic (exact) mass is 174 g/mol. The smallest absolute Gasteiger partial charge is 0.302 e. The van der Waals surface area contributed by atoms with Crippen LogP contribution in [-0.2, 0) is 14.3 Å². The molecule has 12 heavy (non-hydrogen) atoms. The molecule has 0 aromatic rings. The maximum absolute atomic E-state index is 9.59. The first-order chi connectivity index (χ1) is 5.66. The van der Waals surface area contributed by atoms with E-state index in [9.17, 15) is 4.79 Å². The van der Waals surface area contributed by atoms with Crippen LogP contribution in [-0.4, -0.2) is 25.8 Å². The maximum atomic E-state index is 9.59. The van der Waals surface area contributed by atoms with Gasteiger partial charge in [-0.25, -0.2) is 0 Å². The van der Waals surface area contributed by atoms with Gasteiger partial charge in [0.05, 0.1) is 13.2 Å². The normalized spacial score (nSPS) is 22.1. The minimum Gasteiger partial charge on any atom is -0.469 e. The van der Waals surface area contributed by atoms with E-state index >= 15 is 0 Å². The maximum Gasteiger partial charge on any atom is 0.302 e. The first-order valence-electron chi connectivity index (χ1n) is 4.33. The zero-order valence-electron chi connectivity index (χ0n) is 8.13. The standard InChI is InChI=1S/C6H12O.C3H6O2/c1-6-4-2-3-5-7-6;1-3(4)5-2/h6H,2-5H2,1H3;1-2H3/t6-;/m1./s1. The summed E-state index contributed by atoms with van der Waals surface area (Å²) in [6.45, 7) is 4.49. The molecule has 1 rings (SSSR count). The van der Waals surface area contributed by atoms with E-state index in [2.05, 4.69) is 11.7 Å². The second-order valence-corrected chi connectivity index (χ2v) is 2.87. The van der Waals surface area contributed by atoms with Crippen molar-refractivity contribution in [3.8, 4) is 0 Å². The van der Waals surface area contributed by atoms with Gasteiger partial charge in [-0.15, -0.1) is 0 Å². The zero-order valence-corrected chi connectivity index (χ0v) is 8.13.